The Morgan fingerprint density at radius 2 is 0.272 bits per heavy atom. The van der Waals surface area contributed by atoms with Crippen molar-refractivity contribution in [1.29, 1.82) is 0 Å². The van der Waals surface area contributed by atoms with Gasteiger partial charge in [0.1, 0.15) is 0 Å². The predicted octanol–water partition coefficient (Wildman–Crippen LogP) is 3.37. The highest BCUT2D eigenvalue weighted by atomic mass is 16.5. The van der Waals surface area contributed by atoms with E-state index in [1.807, 2.05) is 34.6 Å². The summed E-state index contributed by atoms with van der Waals surface area (Å²) in [6.45, 7) is 44.6. The number of methoxy groups -OCH3 is 3. The van der Waals surface area contributed by atoms with Crippen molar-refractivity contribution in [3.63, 3.8) is 0 Å². The van der Waals surface area contributed by atoms with Gasteiger partial charge in [0, 0.05) is 96.9 Å². The number of ether oxygens (including phenoxy) is 3. The van der Waals surface area contributed by atoms with Gasteiger partial charge in [-0.2, -0.15) is 0 Å². The van der Waals surface area contributed by atoms with E-state index in [9.17, 15) is 0 Å². The Labute approximate surface area is 505 Å². The van der Waals surface area contributed by atoms with Crippen molar-refractivity contribution >= 4 is 0 Å². The molecular formula is C60H154N12O9. The van der Waals surface area contributed by atoms with Crippen LogP contribution in [0.4, 0.5) is 0 Å². The highest BCUT2D eigenvalue weighted by Crippen LogP contribution is 1.93. The Balaban J connectivity index is -0.0000000708. The molecule has 0 radical (unpaired) electrons. The molecule has 0 aromatic carbocycles. The molecule has 12 heterocycles. The van der Waals surface area contributed by atoms with E-state index in [1.165, 1.54) is 266 Å². The molecule has 0 saturated carbocycles. The van der Waals surface area contributed by atoms with Crippen molar-refractivity contribution in [2.24, 2.45) is 0 Å². The minimum Gasteiger partial charge on any atom is -0.400 e. The van der Waals surface area contributed by atoms with Crippen LogP contribution in [0.1, 0.15) is 158 Å². The molecule has 0 aliphatic carbocycles. The molecule has 0 atom stereocenters. The van der Waals surface area contributed by atoms with Crippen LogP contribution in [-0.2, 0) is 14.2 Å². The average Bonchev–Trinajstić information content (AvgIpc) is 4.26. The van der Waals surface area contributed by atoms with Crippen LogP contribution in [0, 0.1) is 0 Å². The zero-order chi connectivity index (χ0) is 63.7. The van der Waals surface area contributed by atoms with Crippen molar-refractivity contribution in [3.8, 4) is 0 Å². The Bertz CT molecular complexity index is 533. The summed E-state index contributed by atoms with van der Waals surface area (Å²) in [5, 5.41) is 81.0. The maximum absolute atomic E-state index is 7.57. The van der Waals surface area contributed by atoms with Crippen LogP contribution in [0.2, 0.25) is 0 Å². The number of hydrogen-bond donors (Lipinski definition) is 18. The third-order valence-corrected chi connectivity index (χ3v) is 9.82. The molecule has 12 aliphatic rings. The van der Waals surface area contributed by atoms with E-state index in [0.717, 1.165) is 35.0 Å². The lowest BCUT2D eigenvalue weighted by Crippen LogP contribution is -2.29. The zero-order valence-corrected chi connectivity index (χ0v) is 57.0. The standard InChI is InChI=1S/6C4H9N.5C3H7N.C3H8O.C2H5N.4C2H6O.2C2H6.4CH4O/c6*1-2-4-5-3-1;5*1-2-4-3-1;1-3-4-2;1-2-3-1;2*1-3-2;2*1-2-3;6*1-2/h6*5H,1-4H2;5*4H,1-3H2;3H2,1-2H3;3H,1-2H2;2*1-2H3;2*3H,2H2,1H3;2*1-2H3;4*2H,1H3. The molecule has 12 rings (SSSR count). The molecule has 21 nitrogen and oxygen atoms in total. The van der Waals surface area contributed by atoms with Crippen LogP contribution in [0.25, 0.3) is 0 Å². The smallest absolute Gasteiger partial charge is 0.0433 e. The molecule has 0 spiro atoms. The summed E-state index contributed by atoms with van der Waals surface area (Å²) in [4.78, 5) is 0. The largest absolute Gasteiger partial charge is 0.400 e. The van der Waals surface area contributed by atoms with Crippen LogP contribution in [0.3, 0.4) is 0 Å². The number of nitrogens with one attached hydrogen (secondary N) is 12. The molecule has 81 heavy (non-hydrogen) atoms. The second-order valence-corrected chi connectivity index (χ2v) is 17.0. The van der Waals surface area contributed by atoms with Crippen LogP contribution < -0.4 is 63.8 Å². The second-order valence-electron chi connectivity index (χ2n) is 17.0. The lowest BCUT2D eigenvalue weighted by atomic mass is 10.3. The monoisotopic (exact) mass is 1190 g/mol. The first-order chi connectivity index (χ1) is 40.1. The fourth-order valence-corrected chi connectivity index (χ4v) is 4.63. The van der Waals surface area contributed by atoms with Gasteiger partial charge < -0.3 is 109 Å². The van der Waals surface area contributed by atoms with Gasteiger partial charge in [0.05, 0.1) is 0 Å². The highest BCUT2D eigenvalue weighted by molar-refractivity contribution is 4.61. The van der Waals surface area contributed by atoms with E-state index < -0.39 is 0 Å². The molecule has 0 aromatic heterocycles. The number of hydrogen-bond acceptors (Lipinski definition) is 21. The third-order valence-electron chi connectivity index (χ3n) is 9.82. The molecule has 0 bridgehead atoms. The number of rotatable bonds is 1. The van der Waals surface area contributed by atoms with Crippen LogP contribution >= 0.6 is 0 Å². The first-order valence-corrected chi connectivity index (χ1v) is 31.9. The fourth-order valence-electron chi connectivity index (χ4n) is 4.63. The SMILES string of the molecule is C1CCNC1.C1CCNC1.C1CCNC1.C1CCNC1.C1CCNC1.C1CCNC1.C1CN1.C1CNC1.C1CNC1.C1CNC1.C1CNC1.C1CNC1.CC.CC.CCO.CCO.CCOC.CO.CO.CO.CO.COC.COC. The minimum absolute atomic E-state index is 0.250. The Kier molecular flexibility index (Phi) is 185. The summed E-state index contributed by atoms with van der Waals surface area (Å²) in [6, 6.07) is 0. The quantitative estimate of drug-likeness (QED) is 0.168. The molecule has 12 saturated heterocycles. The average molecular weight is 1190 g/mol. The van der Waals surface area contributed by atoms with E-state index in [4.69, 9.17) is 30.6 Å². The van der Waals surface area contributed by atoms with E-state index in [1.54, 1.807) is 49.4 Å². The van der Waals surface area contributed by atoms with Crippen molar-refractivity contribution in [1.82, 2.24) is 63.8 Å². The van der Waals surface area contributed by atoms with Gasteiger partial charge in [-0.15, -0.1) is 0 Å². The molecule has 12 fully saturated rings. The summed E-state index contributed by atoms with van der Waals surface area (Å²) < 4.78 is 13.0. The van der Waals surface area contributed by atoms with Crippen LogP contribution in [0.5, 0.6) is 0 Å². The summed E-state index contributed by atoms with van der Waals surface area (Å²) in [7, 11) is 12.2. The van der Waals surface area contributed by atoms with E-state index in [0.29, 0.717) is 0 Å². The molecule has 0 unspecified atom stereocenters. The topological polar surface area (TPSA) is 303 Å². The predicted molar refractivity (Wildman–Crippen MR) is 357 cm³/mol. The van der Waals surface area contributed by atoms with Crippen molar-refractivity contribution in [2.75, 3.05) is 241 Å². The maximum Gasteiger partial charge on any atom is 0.0433 e. The van der Waals surface area contributed by atoms with Crippen molar-refractivity contribution < 1.29 is 44.8 Å². The van der Waals surface area contributed by atoms with Gasteiger partial charge in [0.15, 0.2) is 0 Å². The molecule has 0 amide bonds. The molecule has 508 valence electrons. The Morgan fingerprint density at radius 1 is 0.222 bits per heavy atom. The second kappa shape index (κ2) is 143. The molecule has 18 N–H and O–H groups in total. The van der Waals surface area contributed by atoms with E-state index in [-0.39, 0.29) is 13.2 Å². The zero-order valence-electron chi connectivity index (χ0n) is 57.0. The fraction of sp³-hybridized carbons (Fsp3) is 1.00. The normalized spacial score (nSPS) is 17.4. The van der Waals surface area contributed by atoms with Gasteiger partial charge in [-0.05, 0) is 274 Å². The number of aliphatic hydroxyl groups excluding tert-OH is 6. The van der Waals surface area contributed by atoms with Crippen LogP contribution in [-0.4, -0.2) is 272 Å². The summed E-state index contributed by atoms with van der Waals surface area (Å²) in [5.74, 6) is 0. The van der Waals surface area contributed by atoms with Crippen molar-refractivity contribution in [2.45, 2.75) is 158 Å². The first-order valence-electron chi connectivity index (χ1n) is 31.9. The third kappa shape index (κ3) is 180. The maximum atomic E-state index is 7.57. The molecule has 21 heteroatoms. The van der Waals surface area contributed by atoms with Crippen LogP contribution in [0.15, 0.2) is 0 Å². The summed E-state index contributed by atoms with van der Waals surface area (Å²) in [6.07, 6.45) is 23.6. The van der Waals surface area contributed by atoms with Gasteiger partial charge in [0.25, 0.3) is 0 Å². The minimum atomic E-state index is 0.250. The van der Waals surface area contributed by atoms with Gasteiger partial charge in [-0.3, -0.25) is 0 Å². The van der Waals surface area contributed by atoms with Gasteiger partial charge in [-0.25, -0.2) is 0 Å². The van der Waals surface area contributed by atoms with Gasteiger partial charge >= 0.3 is 0 Å². The first kappa shape index (κ1) is 105. The molecule has 12 aliphatic heterocycles. The molecule has 0 aromatic rings. The highest BCUT2D eigenvalue weighted by Gasteiger charge is 1.97. The Hall–Kier alpha value is -0.840. The van der Waals surface area contributed by atoms with E-state index in [2.05, 4.69) is 78.0 Å². The molecular weight excluding hydrogens is 1030 g/mol. The van der Waals surface area contributed by atoms with Gasteiger partial charge in [-0.1, -0.05) is 27.7 Å². The summed E-state index contributed by atoms with van der Waals surface area (Å²) in [5.41, 5.74) is 0. The van der Waals surface area contributed by atoms with Crippen molar-refractivity contribution in [3.05, 3.63) is 0 Å². The van der Waals surface area contributed by atoms with Gasteiger partial charge in [0.2, 0.25) is 0 Å². The lowest BCUT2D eigenvalue weighted by molar-refractivity contribution is 0.215. The summed E-state index contributed by atoms with van der Waals surface area (Å²) >= 11 is 0. The van der Waals surface area contributed by atoms with E-state index >= 15 is 0 Å². The Morgan fingerprint density at radius 3 is 0.284 bits per heavy atom. The lowest BCUT2D eigenvalue weighted by Gasteiger charge is -2.09. The number of aliphatic hydroxyl groups is 6.